The lowest BCUT2D eigenvalue weighted by atomic mass is 9.96. The molecule has 1 aromatic rings. The predicted molar refractivity (Wildman–Crippen MR) is 104 cm³/mol. The summed E-state index contributed by atoms with van der Waals surface area (Å²) in [4.78, 5) is 38.2. The first-order valence-electron chi connectivity index (χ1n) is 9.30. The predicted octanol–water partition coefficient (Wildman–Crippen LogP) is 1.16. The molecule has 0 bridgehead atoms. The fourth-order valence-corrected chi connectivity index (χ4v) is 3.19. The third-order valence-electron chi connectivity index (χ3n) is 4.55. The van der Waals surface area contributed by atoms with E-state index in [1.54, 1.807) is 29.2 Å². The zero-order valence-corrected chi connectivity index (χ0v) is 16.1. The van der Waals surface area contributed by atoms with Gasteiger partial charge < -0.3 is 21.3 Å². The van der Waals surface area contributed by atoms with Crippen LogP contribution in [-0.2, 0) is 9.59 Å². The van der Waals surface area contributed by atoms with E-state index in [1.165, 1.54) is 0 Å². The van der Waals surface area contributed by atoms with Gasteiger partial charge in [-0.15, -0.1) is 0 Å². The van der Waals surface area contributed by atoms with E-state index in [1.807, 2.05) is 0 Å². The average molecular weight is 395 g/mol. The minimum Gasteiger partial charge on any atom is -0.355 e. The maximum absolute atomic E-state index is 12.4. The number of hydrogen-bond donors (Lipinski definition) is 3. The van der Waals surface area contributed by atoms with Gasteiger partial charge in [-0.25, -0.2) is 0 Å². The SMILES string of the molecule is NCCNC(=O)C1CCCN(C(=O)CCCNC(=O)c2ccc(Cl)cc2)C1. The summed E-state index contributed by atoms with van der Waals surface area (Å²) >= 11 is 5.80. The number of halogens is 1. The van der Waals surface area contributed by atoms with Gasteiger partial charge in [-0.3, -0.25) is 14.4 Å². The molecule has 1 atom stereocenters. The number of hydrogen-bond acceptors (Lipinski definition) is 4. The molecule has 4 N–H and O–H groups in total. The number of carbonyl (C=O) groups excluding carboxylic acids is 3. The summed E-state index contributed by atoms with van der Waals surface area (Å²) in [5.74, 6) is -0.368. The molecule has 1 saturated heterocycles. The van der Waals surface area contributed by atoms with Crippen LogP contribution in [0.1, 0.15) is 36.0 Å². The molecule has 0 aliphatic carbocycles. The third kappa shape index (κ3) is 6.84. The van der Waals surface area contributed by atoms with Gasteiger partial charge in [-0.1, -0.05) is 11.6 Å². The Morgan fingerprint density at radius 3 is 2.59 bits per heavy atom. The molecule has 1 heterocycles. The van der Waals surface area contributed by atoms with Gasteiger partial charge in [0.1, 0.15) is 0 Å². The van der Waals surface area contributed by atoms with Crippen LogP contribution < -0.4 is 16.4 Å². The van der Waals surface area contributed by atoms with Crippen molar-refractivity contribution < 1.29 is 14.4 Å². The topological polar surface area (TPSA) is 105 Å². The summed E-state index contributed by atoms with van der Waals surface area (Å²) in [6.45, 7) is 2.41. The first kappa shape index (κ1) is 21.2. The Morgan fingerprint density at radius 1 is 1.15 bits per heavy atom. The molecule has 148 valence electrons. The highest BCUT2D eigenvalue weighted by atomic mass is 35.5. The number of piperidine rings is 1. The minimum atomic E-state index is -0.186. The second-order valence-electron chi connectivity index (χ2n) is 6.62. The fraction of sp³-hybridized carbons (Fsp3) is 0.526. The van der Waals surface area contributed by atoms with E-state index in [2.05, 4.69) is 10.6 Å². The number of amides is 3. The molecule has 1 aromatic carbocycles. The smallest absolute Gasteiger partial charge is 0.251 e. The van der Waals surface area contributed by atoms with Gasteiger partial charge in [0.2, 0.25) is 11.8 Å². The van der Waals surface area contributed by atoms with Gasteiger partial charge in [0, 0.05) is 49.7 Å². The quantitative estimate of drug-likeness (QED) is 0.575. The Hall–Kier alpha value is -2.12. The molecule has 7 nitrogen and oxygen atoms in total. The van der Waals surface area contributed by atoms with Crippen molar-refractivity contribution in [3.63, 3.8) is 0 Å². The second-order valence-corrected chi connectivity index (χ2v) is 7.06. The van der Waals surface area contributed by atoms with Crippen LogP contribution in [-0.4, -0.2) is 55.3 Å². The van der Waals surface area contributed by atoms with Crippen molar-refractivity contribution in [2.45, 2.75) is 25.7 Å². The van der Waals surface area contributed by atoms with Crippen molar-refractivity contribution in [2.24, 2.45) is 11.7 Å². The molecule has 1 fully saturated rings. The zero-order chi connectivity index (χ0) is 19.6. The third-order valence-corrected chi connectivity index (χ3v) is 4.80. The summed E-state index contributed by atoms with van der Waals surface area (Å²) < 4.78 is 0. The highest BCUT2D eigenvalue weighted by Gasteiger charge is 2.27. The molecular weight excluding hydrogens is 368 g/mol. The van der Waals surface area contributed by atoms with Crippen molar-refractivity contribution in [3.8, 4) is 0 Å². The van der Waals surface area contributed by atoms with E-state index in [9.17, 15) is 14.4 Å². The first-order chi connectivity index (χ1) is 13.0. The Bertz CT molecular complexity index is 651. The summed E-state index contributed by atoms with van der Waals surface area (Å²) in [6.07, 6.45) is 2.51. The summed E-state index contributed by atoms with van der Waals surface area (Å²) in [7, 11) is 0. The molecule has 3 amide bonds. The lowest BCUT2D eigenvalue weighted by Crippen LogP contribution is -2.46. The van der Waals surface area contributed by atoms with Gasteiger partial charge >= 0.3 is 0 Å². The summed E-state index contributed by atoms with van der Waals surface area (Å²) in [5.41, 5.74) is 5.94. The van der Waals surface area contributed by atoms with Crippen molar-refractivity contribution in [3.05, 3.63) is 34.9 Å². The molecule has 1 aliphatic rings. The fourth-order valence-electron chi connectivity index (χ4n) is 3.06. The van der Waals surface area contributed by atoms with Crippen LogP contribution in [0.2, 0.25) is 5.02 Å². The van der Waals surface area contributed by atoms with Crippen molar-refractivity contribution in [1.82, 2.24) is 15.5 Å². The highest BCUT2D eigenvalue weighted by Crippen LogP contribution is 2.17. The normalized spacial score (nSPS) is 16.7. The Morgan fingerprint density at radius 2 is 1.89 bits per heavy atom. The molecule has 2 rings (SSSR count). The molecule has 0 aromatic heterocycles. The Balaban J connectivity index is 1.69. The lowest BCUT2D eigenvalue weighted by Gasteiger charge is -2.32. The average Bonchev–Trinajstić information content (AvgIpc) is 2.69. The second kappa shape index (κ2) is 10.9. The molecule has 0 radical (unpaired) electrons. The number of likely N-dealkylation sites (tertiary alicyclic amines) is 1. The number of nitrogens with one attached hydrogen (secondary N) is 2. The van der Waals surface area contributed by atoms with Crippen molar-refractivity contribution in [1.29, 1.82) is 0 Å². The molecular formula is C19H27ClN4O3. The van der Waals surface area contributed by atoms with E-state index in [0.717, 1.165) is 12.8 Å². The van der Waals surface area contributed by atoms with Crippen molar-refractivity contribution >= 4 is 29.3 Å². The van der Waals surface area contributed by atoms with Crippen LogP contribution in [0.15, 0.2) is 24.3 Å². The summed E-state index contributed by atoms with van der Waals surface area (Å²) in [5, 5.41) is 6.16. The van der Waals surface area contributed by atoms with Gasteiger partial charge in [0.15, 0.2) is 0 Å². The van der Waals surface area contributed by atoms with Gasteiger partial charge in [0.25, 0.3) is 5.91 Å². The highest BCUT2D eigenvalue weighted by molar-refractivity contribution is 6.30. The maximum atomic E-state index is 12.4. The Kier molecular flexibility index (Phi) is 8.54. The number of nitrogens with zero attached hydrogens (tertiary/aromatic N) is 1. The van der Waals surface area contributed by atoms with Crippen LogP contribution >= 0.6 is 11.6 Å². The van der Waals surface area contributed by atoms with E-state index in [-0.39, 0.29) is 23.6 Å². The standard InChI is InChI=1S/C19H27ClN4O3/c20-16-7-5-14(6-8-16)18(26)22-10-1-4-17(25)24-12-2-3-15(13-24)19(27)23-11-9-21/h5-8,15H,1-4,9-13,21H2,(H,22,26)(H,23,27). The number of rotatable bonds is 8. The molecule has 0 spiro atoms. The Labute approximate surface area is 164 Å². The molecule has 1 unspecified atom stereocenters. The van der Waals surface area contributed by atoms with E-state index in [4.69, 9.17) is 17.3 Å². The van der Waals surface area contributed by atoms with E-state index >= 15 is 0 Å². The zero-order valence-electron chi connectivity index (χ0n) is 15.4. The molecule has 27 heavy (non-hydrogen) atoms. The number of carbonyl (C=O) groups is 3. The number of benzene rings is 1. The lowest BCUT2D eigenvalue weighted by molar-refractivity contribution is -0.135. The van der Waals surface area contributed by atoms with Gasteiger partial charge in [-0.05, 0) is 43.5 Å². The van der Waals surface area contributed by atoms with Crippen LogP contribution in [0.5, 0.6) is 0 Å². The molecule has 1 aliphatic heterocycles. The van der Waals surface area contributed by atoms with Crippen molar-refractivity contribution in [2.75, 3.05) is 32.7 Å². The number of nitrogens with two attached hydrogens (primary N) is 1. The molecule has 8 heteroatoms. The first-order valence-corrected chi connectivity index (χ1v) is 9.68. The molecule has 0 saturated carbocycles. The monoisotopic (exact) mass is 394 g/mol. The van der Waals surface area contributed by atoms with Crippen LogP contribution in [0.25, 0.3) is 0 Å². The van der Waals surface area contributed by atoms with Crippen LogP contribution in [0, 0.1) is 5.92 Å². The summed E-state index contributed by atoms with van der Waals surface area (Å²) in [6, 6.07) is 6.64. The largest absolute Gasteiger partial charge is 0.355 e. The van der Waals surface area contributed by atoms with Crippen LogP contribution in [0.4, 0.5) is 0 Å². The van der Waals surface area contributed by atoms with Gasteiger partial charge in [0.05, 0.1) is 5.92 Å². The van der Waals surface area contributed by atoms with E-state index < -0.39 is 0 Å². The van der Waals surface area contributed by atoms with E-state index in [0.29, 0.717) is 56.2 Å². The van der Waals surface area contributed by atoms with Crippen LogP contribution in [0.3, 0.4) is 0 Å². The maximum Gasteiger partial charge on any atom is 0.251 e. The minimum absolute atomic E-state index is 0.0204. The van der Waals surface area contributed by atoms with Gasteiger partial charge in [-0.2, -0.15) is 0 Å².